The van der Waals surface area contributed by atoms with Crippen LogP contribution >= 0.6 is 22.6 Å². The normalized spacial score (nSPS) is 15.0. The van der Waals surface area contributed by atoms with Gasteiger partial charge in [0.1, 0.15) is 5.75 Å². The van der Waals surface area contributed by atoms with E-state index in [1.165, 1.54) is 12.1 Å². The lowest BCUT2D eigenvalue weighted by Crippen LogP contribution is -2.42. The Morgan fingerprint density at radius 2 is 1.76 bits per heavy atom. The lowest BCUT2D eigenvalue weighted by atomic mass is 9.89. The number of nitrogens with zero attached hydrogens (tertiary/aromatic N) is 1. The number of amides is 2. The summed E-state index contributed by atoms with van der Waals surface area (Å²) in [6, 6.07) is 13.9. The number of rotatable bonds is 3. The minimum atomic E-state index is -0.127. The minimum absolute atomic E-state index is 0.0775. The van der Waals surface area contributed by atoms with Gasteiger partial charge in [0.2, 0.25) is 0 Å². The number of hydrogen-bond donors (Lipinski definition) is 2. The molecule has 130 valence electrons. The number of carbonyl (C=O) groups excluding carboxylic acids is 2. The second kappa shape index (κ2) is 7.86. The van der Waals surface area contributed by atoms with Gasteiger partial charge in [0, 0.05) is 33.8 Å². The fourth-order valence-electron chi connectivity index (χ4n) is 2.97. The molecule has 3 rings (SSSR count). The predicted molar refractivity (Wildman–Crippen MR) is 105 cm³/mol. The molecule has 1 saturated heterocycles. The summed E-state index contributed by atoms with van der Waals surface area (Å²) in [5.41, 5.74) is 1.39. The fourth-order valence-corrected chi connectivity index (χ4v) is 3.52. The standard InChI is InChI=1S/C19H19IN2O3/c20-15-2-1-3-16(12-15)21-19(25)22-10-8-14(9-11-22)18(24)13-4-6-17(23)7-5-13/h1-7,12,14,23H,8-11H2,(H,21,25). The smallest absolute Gasteiger partial charge is 0.321 e. The number of piperidine rings is 1. The minimum Gasteiger partial charge on any atom is -0.508 e. The summed E-state index contributed by atoms with van der Waals surface area (Å²) in [6.45, 7) is 1.12. The number of likely N-dealkylation sites (tertiary alicyclic amines) is 1. The average Bonchev–Trinajstić information content (AvgIpc) is 2.62. The number of ketones is 1. The summed E-state index contributed by atoms with van der Waals surface area (Å²) in [6.07, 6.45) is 1.30. The molecule has 0 radical (unpaired) electrons. The van der Waals surface area contributed by atoms with Crippen LogP contribution in [0.15, 0.2) is 48.5 Å². The number of urea groups is 1. The summed E-state index contributed by atoms with van der Waals surface area (Å²) in [5, 5.41) is 12.2. The molecule has 0 aliphatic carbocycles. The molecule has 1 aliphatic heterocycles. The third-order valence-electron chi connectivity index (χ3n) is 4.38. The number of phenols is 1. The van der Waals surface area contributed by atoms with Crippen molar-refractivity contribution in [2.24, 2.45) is 5.92 Å². The SMILES string of the molecule is O=C(c1ccc(O)cc1)C1CCN(C(=O)Nc2cccc(I)c2)CC1. The van der Waals surface area contributed by atoms with E-state index in [0.29, 0.717) is 31.5 Å². The van der Waals surface area contributed by atoms with Gasteiger partial charge >= 0.3 is 6.03 Å². The Morgan fingerprint density at radius 1 is 1.08 bits per heavy atom. The molecule has 0 bridgehead atoms. The molecular formula is C19H19IN2O3. The van der Waals surface area contributed by atoms with E-state index < -0.39 is 0 Å². The van der Waals surface area contributed by atoms with Gasteiger partial charge in [-0.25, -0.2) is 4.79 Å². The molecule has 0 unspecified atom stereocenters. The van der Waals surface area contributed by atoms with Gasteiger partial charge in [-0.1, -0.05) is 6.07 Å². The lowest BCUT2D eigenvalue weighted by Gasteiger charge is -2.31. The number of nitrogens with one attached hydrogen (secondary N) is 1. The van der Waals surface area contributed by atoms with Gasteiger partial charge in [-0.15, -0.1) is 0 Å². The molecule has 6 heteroatoms. The van der Waals surface area contributed by atoms with Crippen LogP contribution in [-0.2, 0) is 0 Å². The van der Waals surface area contributed by atoms with E-state index in [4.69, 9.17) is 0 Å². The number of phenolic OH excluding ortho intramolecular Hbond substituents is 1. The highest BCUT2D eigenvalue weighted by Crippen LogP contribution is 2.23. The Hall–Kier alpha value is -2.09. The molecule has 0 aromatic heterocycles. The number of anilines is 1. The van der Waals surface area contributed by atoms with E-state index in [2.05, 4.69) is 27.9 Å². The molecule has 5 nitrogen and oxygen atoms in total. The van der Waals surface area contributed by atoms with Crippen LogP contribution in [0.4, 0.5) is 10.5 Å². The van der Waals surface area contributed by atoms with Crippen LogP contribution in [0.3, 0.4) is 0 Å². The number of carbonyl (C=O) groups is 2. The van der Waals surface area contributed by atoms with Crippen molar-refractivity contribution in [1.29, 1.82) is 0 Å². The zero-order chi connectivity index (χ0) is 17.8. The van der Waals surface area contributed by atoms with Crippen molar-refractivity contribution in [3.05, 3.63) is 57.7 Å². The van der Waals surface area contributed by atoms with Crippen molar-refractivity contribution < 1.29 is 14.7 Å². The molecule has 25 heavy (non-hydrogen) atoms. The van der Waals surface area contributed by atoms with E-state index >= 15 is 0 Å². The van der Waals surface area contributed by atoms with Gasteiger partial charge in [0.25, 0.3) is 0 Å². The first-order chi connectivity index (χ1) is 12.0. The van der Waals surface area contributed by atoms with Crippen molar-refractivity contribution in [2.45, 2.75) is 12.8 Å². The lowest BCUT2D eigenvalue weighted by molar-refractivity contribution is 0.0859. The molecular weight excluding hydrogens is 431 g/mol. The monoisotopic (exact) mass is 450 g/mol. The maximum absolute atomic E-state index is 12.5. The Balaban J connectivity index is 1.55. The quantitative estimate of drug-likeness (QED) is 0.546. The summed E-state index contributed by atoms with van der Waals surface area (Å²) in [4.78, 5) is 26.6. The van der Waals surface area contributed by atoms with Crippen LogP contribution in [0.25, 0.3) is 0 Å². The Kier molecular flexibility index (Phi) is 5.57. The van der Waals surface area contributed by atoms with Crippen molar-refractivity contribution in [3.63, 3.8) is 0 Å². The fraction of sp³-hybridized carbons (Fsp3) is 0.263. The Labute approximate surface area is 160 Å². The zero-order valence-corrected chi connectivity index (χ0v) is 15.8. The summed E-state index contributed by atoms with van der Waals surface area (Å²) < 4.78 is 1.06. The molecule has 0 atom stereocenters. The Bertz CT molecular complexity index is 768. The molecule has 0 saturated carbocycles. The third-order valence-corrected chi connectivity index (χ3v) is 5.05. The summed E-state index contributed by atoms with van der Waals surface area (Å²) in [7, 11) is 0. The molecule has 0 spiro atoms. The van der Waals surface area contributed by atoms with E-state index in [9.17, 15) is 14.7 Å². The largest absolute Gasteiger partial charge is 0.508 e. The highest BCUT2D eigenvalue weighted by molar-refractivity contribution is 14.1. The van der Waals surface area contributed by atoms with Crippen molar-refractivity contribution >= 4 is 40.1 Å². The highest BCUT2D eigenvalue weighted by atomic mass is 127. The molecule has 2 N–H and O–H groups in total. The molecule has 2 aromatic rings. The second-order valence-corrected chi connectivity index (χ2v) is 7.36. The van der Waals surface area contributed by atoms with Gasteiger partial charge in [0.05, 0.1) is 0 Å². The first-order valence-corrected chi connectivity index (χ1v) is 9.25. The number of Topliss-reactive ketones (excluding diaryl/α,β-unsaturated/α-hetero) is 1. The zero-order valence-electron chi connectivity index (χ0n) is 13.6. The number of benzene rings is 2. The van der Waals surface area contributed by atoms with Gasteiger partial charge in [0.15, 0.2) is 5.78 Å². The van der Waals surface area contributed by atoms with Crippen molar-refractivity contribution in [1.82, 2.24) is 4.90 Å². The second-order valence-electron chi connectivity index (χ2n) is 6.11. The average molecular weight is 450 g/mol. The number of halogens is 1. The van der Waals surface area contributed by atoms with E-state index in [1.54, 1.807) is 17.0 Å². The van der Waals surface area contributed by atoms with Gasteiger partial charge in [-0.2, -0.15) is 0 Å². The molecule has 2 amide bonds. The van der Waals surface area contributed by atoms with Crippen molar-refractivity contribution in [2.75, 3.05) is 18.4 Å². The maximum Gasteiger partial charge on any atom is 0.321 e. The van der Waals surface area contributed by atoms with E-state index in [0.717, 1.165) is 9.26 Å². The van der Waals surface area contributed by atoms with Gasteiger partial charge in [-0.05, 0) is 77.9 Å². The molecule has 1 heterocycles. The maximum atomic E-state index is 12.5. The highest BCUT2D eigenvalue weighted by Gasteiger charge is 2.28. The first kappa shape index (κ1) is 17.7. The Morgan fingerprint density at radius 3 is 2.40 bits per heavy atom. The molecule has 1 aliphatic rings. The van der Waals surface area contributed by atoms with E-state index in [-0.39, 0.29) is 23.5 Å². The topological polar surface area (TPSA) is 69.6 Å². The molecule has 2 aromatic carbocycles. The number of aromatic hydroxyl groups is 1. The van der Waals surface area contributed by atoms with Crippen LogP contribution < -0.4 is 5.32 Å². The van der Waals surface area contributed by atoms with Crippen LogP contribution in [0.5, 0.6) is 5.75 Å². The number of hydrogen-bond acceptors (Lipinski definition) is 3. The van der Waals surface area contributed by atoms with Crippen LogP contribution in [0, 0.1) is 9.49 Å². The van der Waals surface area contributed by atoms with Crippen LogP contribution in [0.1, 0.15) is 23.2 Å². The van der Waals surface area contributed by atoms with Crippen molar-refractivity contribution in [3.8, 4) is 5.75 Å². The predicted octanol–water partition coefficient (Wildman–Crippen LogP) is 4.12. The van der Waals surface area contributed by atoms with E-state index in [1.807, 2.05) is 24.3 Å². The van der Waals surface area contributed by atoms with Crippen LogP contribution in [0.2, 0.25) is 0 Å². The summed E-state index contributed by atoms with van der Waals surface area (Å²) >= 11 is 2.21. The molecule has 1 fully saturated rings. The summed E-state index contributed by atoms with van der Waals surface area (Å²) in [5.74, 6) is 0.155. The van der Waals surface area contributed by atoms with Gasteiger partial charge in [-0.3, -0.25) is 4.79 Å². The first-order valence-electron chi connectivity index (χ1n) is 8.17. The van der Waals surface area contributed by atoms with Gasteiger partial charge < -0.3 is 15.3 Å². The third kappa shape index (κ3) is 4.50. The van der Waals surface area contributed by atoms with Crippen LogP contribution in [-0.4, -0.2) is 34.9 Å².